The van der Waals surface area contributed by atoms with E-state index in [1.54, 1.807) is 7.11 Å². The molecule has 0 aromatic heterocycles. The van der Waals surface area contributed by atoms with Crippen molar-refractivity contribution in [2.45, 2.75) is 50.4 Å². The summed E-state index contributed by atoms with van der Waals surface area (Å²) >= 11 is 0. The Kier molecular flexibility index (Phi) is 5.04. The van der Waals surface area contributed by atoms with Crippen LogP contribution in [0.4, 0.5) is 0 Å². The summed E-state index contributed by atoms with van der Waals surface area (Å²) in [4.78, 5) is 13.6. The lowest BCUT2D eigenvalue weighted by Crippen LogP contribution is -2.59. The second-order valence-electron chi connectivity index (χ2n) is 10.7. The fourth-order valence-electron chi connectivity index (χ4n) is 7.56. The SMILES string of the molecule is COc1ccc(C23CC4CC(CC(C(=O)NCCc5ccc6c(c5)OCCO6)(C4)C2)C3)cc1. The van der Waals surface area contributed by atoms with E-state index in [2.05, 4.69) is 35.6 Å². The predicted molar refractivity (Wildman–Crippen MR) is 126 cm³/mol. The molecule has 4 aliphatic carbocycles. The second kappa shape index (κ2) is 7.96. The highest BCUT2D eigenvalue weighted by Crippen LogP contribution is 2.65. The van der Waals surface area contributed by atoms with Crippen LogP contribution in [-0.2, 0) is 16.6 Å². The summed E-state index contributed by atoms with van der Waals surface area (Å²) in [5.74, 6) is 4.12. The number of fused-ring (bicyclic) bond motifs is 1. The van der Waals surface area contributed by atoms with Gasteiger partial charge in [-0.05, 0) is 97.6 Å². The van der Waals surface area contributed by atoms with Crippen LogP contribution in [-0.4, -0.2) is 32.8 Å². The Morgan fingerprint density at radius 2 is 1.73 bits per heavy atom. The smallest absolute Gasteiger partial charge is 0.226 e. The number of methoxy groups -OCH3 is 1. The number of rotatable bonds is 6. The number of carbonyl (C=O) groups excluding carboxylic acids is 1. The molecular weight excluding hydrogens is 414 g/mol. The normalized spacial score (nSPS) is 31.3. The molecule has 5 aliphatic rings. The van der Waals surface area contributed by atoms with Crippen molar-refractivity contribution in [1.82, 2.24) is 5.32 Å². The minimum Gasteiger partial charge on any atom is -0.497 e. The first-order chi connectivity index (χ1) is 16.1. The van der Waals surface area contributed by atoms with Crippen molar-refractivity contribution < 1.29 is 19.0 Å². The molecule has 2 aromatic carbocycles. The molecule has 4 bridgehead atoms. The second-order valence-corrected chi connectivity index (χ2v) is 10.7. The first-order valence-electron chi connectivity index (χ1n) is 12.4. The standard InChI is InChI=1S/C28H33NO4/c1-31-23-5-3-22(4-6-23)27-14-20-12-21(15-27)17-28(16-20,18-27)26(30)29-9-8-19-2-7-24-25(13-19)33-11-10-32-24/h2-7,13,20-21H,8-12,14-18H2,1H3,(H,29,30). The fourth-order valence-corrected chi connectivity index (χ4v) is 7.56. The van der Waals surface area contributed by atoms with Crippen molar-refractivity contribution in [3.8, 4) is 17.2 Å². The molecule has 4 fully saturated rings. The van der Waals surface area contributed by atoms with Crippen molar-refractivity contribution in [2.75, 3.05) is 26.9 Å². The molecule has 1 amide bonds. The topological polar surface area (TPSA) is 56.8 Å². The van der Waals surface area contributed by atoms with Gasteiger partial charge in [0.05, 0.1) is 12.5 Å². The van der Waals surface area contributed by atoms with Crippen LogP contribution in [0.2, 0.25) is 0 Å². The summed E-state index contributed by atoms with van der Waals surface area (Å²) in [6.45, 7) is 1.85. The molecule has 0 radical (unpaired) electrons. The number of benzene rings is 2. The van der Waals surface area contributed by atoms with Crippen molar-refractivity contribution in [1.29, 1.82) is 0 Å². The highest BCUT2D eigenvalue weighted by atomic mass is 16.6. The third-order valence-electron chi connectivity index (χ3n) is 8.55. The highest BCUT2D eigenvalue weighted by Gasteiger charge is 2.60. The van der Waals surface area contributed by atoms with Crippen LogP contribution in [0.5, 0.6) is 17.2 Å². The monoisotopic (exact) mass is 447 g/mol. The lowest BCUT2D eigenvalue weighted by Gasteiger charge is -2.61. The minimum atomic E-state index is -0.211. The van der Waals surface area contributed by atoms with E-state index in [-0.39, 0.29) is 16.7 Å². The van der Waals surface area contributed by atoms with E-state index in [1.807, 2.05) is 12.1 Å². The van der Waals surface area contributed by atoms with E-state index in [9.17, 15) is 4.79 Å². The summed E-state index contributed by atoms with van der Waals surface area (Å²) in [6.07, 6.45) is 7.63. The molecular formula is C28H33NO4. The average molecular weight is 448 g/mol. The first kappa shape index (κ1) is 20.9. The number of nitrogens with one attached hydrogen (secondary N) is 1. The lowest BCUT2D eigenvalue weighted by molar-refractivity contribution is -0.149. The maximum Gasteiger partial charge on any atom is 0.226 e. The van der Waals surface area contributed by atoms with Crippen LogP contribution in [0.25, 0.3) is 0 Å². The summed E-state index contributed by atoms with van der Waals surface area (Å²) in [6, 6.07) is 14.7. The van der Waals surface area contributed by atoms with Crippen LogP contribution in [0.3, 0.4) is 0 Å². The Bertz CT molecular complexity index is 1030. The van der Waals surface area contributed by atoms with Crippen molar-refractivity contribution in [3.05, 3.63) is 53.6 Å². The number of carbonyl (C=O) groups is 1. The molecule has 174 valence electrons. The van der Waals surface area contributed by atoms with Crippen molar-refractivity contribution >= 4 is 5.91 Å². The average Bonchev–Trinajstić information content (AvgIpc) is 2.83. The van der Waals surface area contributed by atoms with Gasteiger partial charge in [-0.15, -0.1) is 0 Å². The Balaban J connectivity index is 1.16. The maximum atomic E-state index is 13.6. The fraction of sp³-hybridized carbons (Fsp3) is 0.536. The molecule has 2 unspecified atom stereocenters. The molecule has 1 aliphatic heterocycles. The molecule has 7 rings (SSSR count). The van der Waals surface area contributed by atoms with Gasteiger partial charge >= 0.3 is 0 Å². The molecule has 1 heterocycles. The zero-order valence-corrected chi connectivity index (χ0v) is 19.4. The Labute approximate surface area is 195 Å². The largest absolute Gasteiger partial charge is 0.497 e. The first-order valence-corrected chi connectivity index (χ1v) is 12.4. The van der Waals surface area contributed by atoms with E-state index >= 15 is 0 Å². The zero-order chi connectivity index (χ0) is 22.5. The van der Waals surface area contributed by atoms with E-state index in [0.717, 1.165) is 42.9 Å². The van der Waals surface area contributed by atoms with E-state index in [4.69, 9.17) is 14.2 Å². The third-order valence-corrected chi connectivity index (χ3v) is 8.55. The number of hydrogen-bond donors (Lipinski definition) is 1. The number of ether oxygens (including phenoxy) is 3. The van der Waals surface area contributed by atoms with E-state index < -0.39 is 0 Å². The molecule has 4 saturated carbocycles. The molecule has 5 nitrogen and oxygen atoms in total. The summed E-state index contributed by atoms with van der Waals surface area (Å²) in [7, 11) is 1.71. The molecule has 0 spiro atoms. The number of hydrogen-bond acceptors (Lipinski definition) is 4. The predicted octanol–water partition coefficient (Wildman–Crippen LogP) is 4.66. The lowest BCUT2D eigenvalue weighted by atomic mass is 9.42. The Morgan fingerprint density at radius 1 is 1.00 bits per heavy atom. The Hall–Kier alpha value is -2.69. The van der Waals surface area contributed by atoms with Gasteiger partial charge in [0, 0.05) is 6.54 Å². The van der Waals surface area contributed by atoms with Crippen molar-refractivity contribution in [2.24, 2.45) is 17.3 Å². The van der Waals surface area contributed by atoms with Gasteiger partial charge < -0.3 is 19.5 Å². The van der Waals surface area contributed by atoms with Gasteiger partial charge in [0.2, 0.25) is 5.91 Å². The third kappa shape index (κ3) is 3.66. The van der Waals surface area contributed by atoms with Crippen LogP contribution < -0.4 is 19.5 Å². The highest BCUT2D eigenvalue weighted by molar-refractivity contribution is 5.83. The minimum absolute atomic E-state index is 0.142. The van der Waals surface area contributed by atoms with Gasteiger partial charge in [0.15, 0.2) is 11.5 Å². The van der Waals surface area contributed by atoms with Crippen LogP contribution in [0, 0.1) is 17.3 Å². The maximum absolute atomic E-state index is 13.6. The van der Waals surface area contributed by atoms with Crippen LogP contribution in [0.1, 0.15) is 49.7 Å². The summed E-state index contributed by atoms with van der Waals surface area (Å²) < 4.78 is 16.7. The van der Waals surface area contributed by atoms with Gasteiger partial charge in [0.25, 0.3) is 0 Å². The zero-order valence-electron chi connectivity index (χ0n) is 19.4. The van der Waals surface area contributed by atoms with Crippen molar-refractivity contribution in [3.63, 3.8) is 0 Å². The van der Waals surface area contributed by atoms with E-state index in [0.29, 0.717) is 31.6 Å². The van der Waals surface area contributed by atoms with Crippen LogP contribution in [0.15, 0.2) is 42.5 Å². The molecule has 2 aromatic rings. The van der Waals surface area contributed by atoms with Gasteiger partial charge in [-0.2, -0.15) is 0 Å². The van der Waals surface area contributed by atoms with Gasteiger partial charge in [-0.3, -0.25) is 4.79 Å². The van der Waals surface area contributed by atoms with Gasteiger partial charge in [-0.1, -0.05) is 18.2 Å². The molecule has 1 N–H and O–H groups in total. The van der Waals surface area contributed by atoms with Crippen LogP contribution >= 0.6 is 0 Å². The molecule has 2 atom stereocenters. The van der Waals surface area contributed by atoms with Gasteiger partial charge in [0.1, 0.15) is 19.0 Å². The Morgan fingerprint density at radius 3 is 2.45 bits per heavy atom. The summed E-state index contributed by atoms with van der Waals surface area (Å²) in [5.41, 5.74) is 2.49. The van der Waals surface area contributed by atoms with E-state index in [1.165, 1.54) is 30.4 Å². The quantitative estimate of drug-likeness (QED) is 0.700. The molecule has 33 heavy (non-hydrogen) atoms. The molecule has 0 saturated heterocycles. The van der Waals surface area contributed by atoms with Gasteiger partial charge in [-0.25, -0.2) is 0 Å². The number of amides is 1. The summed E-state index contributed by atoms with van der Waals surface area (Å²) in [5, 5.41) is 3.32. The molecule has 5 heteroatoms.